The molecule has 0 bridgehead atoms. The molecule has 1 saturated heterocycles. The van der Waals surface area contributed by atoms with E-state index in [-0.39, 0.29) is 5.91 Å². The van der Waals surface area contributed by atoms with Crippen LogP contribution in [0.1, 0.15) is 32.1 Å². The summed E-state index contributed by atoms with van der Waals surface area (Å²) in [4.78, 5) is 35.1. The number of amides is 3. The Labute approximate surface area is 117 Å². The molecule has 8 heteroatoms. The molecule has 0 aromatic rings. The molecule has 0 aromatic carbocycles. The Morgan fingerprint density at radius 3 is 2.40 bits per heavy atom. The normalized spacial score (nSPS) is 17.6. The van der Waals surface area contributed by atoms with Crippen molar-refractivity contribution in [1.82, 2.24) is 10.4 Å². The molecule has 8 nitrogen and oxygen atoms in total. The van der Waals surface area contributed by atoms with E-state index in [2.05, 4.69) is 0 Å². The molecular weight excluding hydrogens is 264 g/mol. The predicted molar refractivity (Wildman–Crippen MR) is 70.3 cm³/mol. The first-order valence-electron chi connectivity index (χ1n) is 6.72. The molecule has 1 fully saturated rings. The number of primary amides is 1. The number of hydrogen-bond acceptors (Lipinski definition) is 5. The standard InChI is InChI=1S/C12H22N4O4/c13-10(11(14)18)12(19)16-6-4-8(5-7-16)2-1-3-9(17)15-20/h8,10,20H,1-7,13H2,(H2,14,18)(H,15,17)/t10-/m0/s1. The van der Waals surface area contributed by atoms with Crippen molar-refractivity contribution in [1.29, 1.82) is 0 Å². The van der Waals surface area contributed by atoms with Crippen LogP contribution in [0.4, 0.5) is 0 Å². The van der Waals surface area contributed by atoms with Gasteiger partial charge in [0.05, 0.1) is 0 Å². The van der Waals surface area contributed by atoms with Gasteiger partial charge in [0.1, 0.15) is 0 Å². The van der Waals surface area contributed by atoms with Crippen molar-refractivity contribution >= 4 is 17.7 Å². The van der Waals surface area contributed by atoms with Crippen LogP contribution in [0.5, 0.6) is 0 Å². The molecule has 114 valence electrons. The summed E-state index contributed by atoms with van der Waals surface area (Å²) in [6.45, 7) is 1.10. The average molecular weight is 286 g/mol. The molecule has 1 atom stereocenters. The third-order valence-corrected chi connectivity index (χ3v) is 3.64. The summed E-state index contributed by atoms with van der Waals surface area (Å²) in [7, 11) is 0. The minimum atomic E-state index is -1.26. The quantitative estimate of drug-likeness (QED) is 0.273. The molecule has 0 unspecified atom stereocenters. The Bertz CT molecular complexity index is 366. The number of piperidine rings is 1. The van der Waals surface area contributed by atoms with Gasteiger partial charge in [0.15, 0.2) is 6.04 Å². The highest BCUT2D eigenvalue weighted by atomic mass is 16.5. The summed E-state index contributed by atoms with van der Waals surface area (Å²) in [6, 6.07) is -1.26. The first-order chi connectivity index (χ1) is 9.45. The minimum Gasteiger partial charge on any atom is -0.368 e. The van der Waals surface area contributed by atoms with Crippen LogP contribution in [0.15, 0.2) is 0 Å². The van der Waals surface area contributed by atoms with Crippen molar-refractivity contribution in [2.45, 2.75) is 38.1 Å². The Morgan fingerprint density at radius 1 is 1.30 bits per heavy atom. The number of hydrogen-bond donors (Lipinski definition) is 4. The lowest BCUT2D eigenvalue weighted by atomic mass is 9.91. The lowest BCUT2D eigenvalue weighted by molar-refractivity contribution is -0.138. The van der Waals surface area contributed by atoms with Gasteiger partial charge >= 0.3 is 0 Å². The Balaban J connectivity index is 2.28. The molecule has 20 heavy (non-hydrogen) atoms. The number of nitrogens with zero attached hydrogens (tertiary/aromatic N) is 1. The van der Waals surface area contributed by atoms with Gasteiger partial charge in [-0.25, -0.2) is 5.48 Å². The van der Waals surface area contributed by atoms with Gasteiger partial charge in [-0.05, 0) is 31.6 Å². The highest BCUT2D eigenvalue weighted by Crippen LogP contribution is 2.22. The molecular formula is C12H22N4O4. The van der Waals surface area contributed by atoms with Crippen LogP contribution in [-0.4, -0.2) is 47.0 Å². The van der Waals surface area contributed by atoms with E-state index in [9.17, 15) is 14.4 Å². The van der Waals surface area contributed by atoms with Crippen molar-refractivity contribution in [3.63, 3.8) is 0 Å². The molecule has 1 heterocycles. The van der Waals surface area contributed by atoms with E-state index >= 15 is 0 Å². The lowest BCUT2D eigenvalue weighted by Gasteiger charge is -2.33. The first kappa shape index (κ1) is 16.4. The van der Waals surface area contributed by atoms with E-state index in [1.165, 1.54) is 0 Å². The summed E-state index contributed by atoms with van der Waals surface area (Å²) < 4.78 is 0. The number of nitrogens with one attached hydrogen (secondary N) is 1. The number of rotatable bonds is 6. The summed E-state index contributed by atoms with van der Waals surface area (Å²) in [5.74, 6) is -1.18. The van der Waals surface area contributed by atoms with Gasteiger partial charge in [0.2, 0.25) is 17.7 Å². The number of carbonyl (C=O) groups is 3. The smallest absolute Gasteiger partial charge is 0.249 e. The van der Waals surface area contributed by atoms with E-state index in [0.29, 0.717) is 31.8 Å². The van der Waals surface area contributed by atoms with Gasteiger partial charge in [0.25, 0.3) is 0 Å². The van der Waals surface area contributed by atoms with Gasteiger partial charge in [-0.1, -0.05) is 0 Å². The van der Waals surface area contributed by atoms with Gasteiger partial charge in [-0.2, -0.15) is 0 Å². The second-order valence-electron chi connectivity index (χ2n) is 5.08. The maximum atomic E-state index is 11.8. The van der Waals surface area contributed by atoms with Crippen molar-refractivity contribution in [2.24, 2.45) is 17.4 Å². The van der Waals surface area contributed by atoms with Crippen LogP contribution < -0.4 is 16.9 Å². The summed E-state index contributed by atoms with van der Waals surface area (Å²) in [5, 5.41) is 8.37. The molecule has 0 aromatic heterocycles. The summed E-state index contributed by atoms with van der Waals surface area (Å²) in [5.41, 5.74) is 12.0. The SMILES string of the molecule is NC(=O)[C@H](N)C(=O)N1CCC(CCCC(=O)NO)CC1. The van der Waals surface area contributed by atoms with Crippen molar-refractivity contribution in [3.05, 3.63) is 0 Å². The third-order valence-electron chi connectivity index (χ3n) is 3.64. The number of carbonyl (C=O) groups excluding carboxylic acids is 3. The maximum Gasteiger partial charge on any atom is 0.249 e. The zero-order chi connectivity index (χ0) is 15.1. The largest absolute Gasteiger partial charge is 0.368 e. The van der Waals surface area contributed by atoms with Crippen LogP contribution in [0.3, 0.4) is 0 Å². The van der Waals surface area contributed by atoms with Crippen LogP contribution in [0.2, 0.25) is 0 Å². The molecule has 0 spiro atoms. The van der Waals surface area contributed by atoms with E-state index < -0.39 is 17.9 Å². The molecule has 0 radical (unpaired) electrons. The molecule has 0 aliphatic carbocycles. The van der Waals surface area contributed by atoms with Gasteiger partial charge in [-0.3, -0.25) is 19.6 Å². The van der Waals surface area contributed by atoms with Crippen LogP contribution >= 0.6 is 0 Å². The van der Waals surface area contributed by atoms with Crippen LogP contribution in [0, 0.1) is 5.92 Å². The van der Waals surface area contributed by atoms with Gasteiger partial charge in [-0.15, -0.1) is 0 Å². The zero-order valence-electron chi connectivity index (χ0n) is 11.4. The Morgan fingerprint density at radius 2 is 1.90 bits per heavy atom. The van der Waals surface area contributed by atoms with E-state index in [1.54, 1.807) is 10.4 Å². The molecule has 1 aliphatic heterocycles. The highest BCUT2D eigenvalue weighted by molar-refractivity contribution is 6.03. The lowest BCUT2D eigenvalue weighted by Crippen LogP contribution is -2.52. The topological polar surface area (TPSA) is 139 Å². The average Bonchev–Trinajstić information content (AvgIpc) is 2.46. The van der Waals surface area contributed by atoms with E-state index in [0.717, 1.165) is 19.3 Å². The van der Waals surface area contributed by atoms with Crippen LogP contribution in [-0.2, 0) is 14.4 Å². The molecule has 6 N–H and O–H groups in total. The van der Waals surface area contributed by atoms with Crippen molar-refractivity contribution < 1.29 is 19.6 Å². The highest BCUT2D eigenvalue weighted by Gasteiger charge is 2.28. The first-order valence-corrected chi connectivity index (χ1v) is 6.72. The minimum absolute atomic E-state index is 0.294. The van der Waals surface area contributed by atoms with Crippen molar-refractivity contribution in [2.75, 3.05) is 13.1 Å². The number of likely N-dealkylation sites (tertiary alicyclic amines) is 1. The van der Waals surface area contributed by atoms with E-state index in [4.69, 9.17) is 16.7 Å². The molecule has 0 saturated carbocycles. The fraction of sp³-hybridized carbons (Fsp3) is 0.750. The monoisotopic (exact) mass is 286 g/mol. The van der Waals surface area contributed by atoms with Crippen LogP contribution in [0.25, 0.3) is 0 Å². The Kier molecular flexibility index (Phi) is 6.40. The predicted octanol–water partition coefficient (Wildman–Crippen LogP) is -1.29. The molecule has 1 aliphatic rings. The second kappa shape index (κ2) is 7.81. The third kappa shape index (κ3) is 4.78. The maximum absolute atomic E-state index is 11.8. The molecule has 3 amide bonds. The fourth-order valence-corrected chi connectivity index (χ4v) is 2.37. The molecule has 1 rings (SSSR count). The Hall–Kier alpha value is -1.67. The van der Waals surface area contributed by atoms with Crippen molar-refractivity contribution in [3.8, 4) is 0 Å². The fourth-order valence-electron chi connectivity index (χ4n) is 2.37. The van der Waals surface area contributed by atoms with Gasteiger partial charge < -0.3 is 16.4 Å². The van der Waals surface area contributed by atoms with E-state index in [1.807, 2.05) is 0 Å². The summed E-state index contributed by atoms with van der Waals surface area (Å²) in [6.07, 6.45) is 3.50. The summed E-state index contributed by atoms with van der Waals surface area (Å²) >= 11 is 0. The second-order valence-corrected chi connectivity index (χ2v) is 5.08. The number of nitrogens with two attached hydrogens (primary N) is 2. The number of hydroxylamine groups is 1. The zero-order valence-corrected chi connectivity index (χ0v) is 11.4. The van der Waals surface area contributed by atoms with Gasteiger partial charge in [0, 0.05) is 19.5 Å².